The van der Waals surface area contributed by atoms with Crippen LogP contribution in [0.25, 0.3) is 0 Å². The van der Waals surface area contributed by atoms with Crippen molar-refractivity contribution in [1.29, 1.82) is 0 Å². The molecule has 6 nitrogen and oxygen atoms in total. The van der Waals surface area contributed by atoms with E-state index in [-0.39, 0.29) is 22.4 Å². The maximum Gasteiger partial charge on any atom is 0.180 e. The lowest BCUT2D eigenvalue weighted by Gasteiger charge is -2.49. The summed E-state index contributed by atoms with van der Waals surface area (Å²) in [4.78, 5) is 30.5. The van der Waals surface area contributed by atoms with Gasteiger partial charge in [-0.1, -0.05) is 69.1 Å². The minimum atomic E-state index is -0.506. The van der Waals surface area contributed by atoms with Gasteiger partial charge in [-0.05, 0) is 67.2 Å². The number of hydrogen-bond acceptors (Lipinski definition) is 6. The fraction of sp³-hybridized carbons (Fsp3) is 0.514. The Kier molecular flexibility index (Phi) is 9.34. The highest BCUT2D eigenvalue weighted by molar-refractivity contribution is 6.32. The van der Waals surface area contributed by atoms with Crippen molar-refractivity contribution in [3.05, 3.63) is 80.7 Å². The summed E-state index contributed by atoms with van der Waals surface area (Å²) in [7, 11) is 1.70. The number of aryl methyl sites for hydroxylation is 1. The number of carbonyl (C=O) groups is 2. The number of ether oxygens (including phenoxy) is 3. The van der Waals surface area contributed by atoms with Crippen molar-refractivity contribution < 1.29 is 23.8 Å². The molecule has 0 aromatic heterocycles. The van der Waals surface area contributed by atoms with E-state index in [4.69, 9.17) is 25.8 Å². The number of Topliss-reactive ketones (excluding diaryl/α,β-unsaturated/α-hetero) is 2. The standard InChI is InChI=1S/C37H46ClNO5/c1-8-43-31-17-25(16-26(38)35(31)44-22-24-12-10-23(2)11-13-24)32-33-27(18-36(3,4)20-29(33)40)39(14-9-15-42-7)28-19-37(5,6)21-30(41)34(28)32/h10-13,16-17,32H,8-9,14-15,18-22H2,1-7H3. The third-order valence-electron chi connectivity index (χ3n) is 8.92. The number of hydrogen-bond donors (Lipinski definition) is 0. The first-order chi connectivity index (χ1) is 20.8. The van der Waals surface area contributed by atoms with E-state index in [9.17, 15) is 9.59 Å². The highest BCUT2D eigenvalue weighted by Crippen LogP contribution is 2.55. The van der Waals surface area contributed by atoms with Gasteiger partial charge in [0.15, 0.2) is 23.1 Å². The Balaban J connectivity index is 1.65. The van der Waals surface area contributed by atoms with Crippen molar-refractivity contribution in [3.63, 3.8) is 0 Å². The molecule has 1 aliphatic heterocycles. The minimum absolute atomic E-state index is 0.0935. The topological polar surface area (TPSA) is 65.1 Å². The number of halogens is 1. The lowest BCUT2D eigenvalue weighted by atomic mass is 9.63. The van der Waals surface area contributed by atoms with E-state index in [0.717, 1.165) is 52.9 Å². The summed E-state index contributed by atoms with van der Waals surface area (Å²) in [5.74, 6) is 0.659. The average molecular weight is 620 g/mol. The molecule has 0 amide bonds. The maximum absolute atomic E-state index is 14.1. The van der Waals surface area contributed by atoms with E-state index in [1.54, 1.807) is 7.11 Å². The second-order valence-corrected chi connectivity index (χ2v) is 14.5. The van der Waals surface area contributed by atoms with Crippen LogP contribution in [0, 0.1) is 17.8 Å². The highest BCUT2D eigenvalue weighted by atomic mass is 35.5. The molecule has 2 aliphatic carbocycles. The Morgan fingerprint density at radius 3 is 2.02 bits per heavy atom. The summed E-state index contributed by atoms with van der Waals surface area (Å²) in [6, 6.07) is 12.0. The average Bonchev–Trinajstić information content (AvgIpc) is 2.92. The van der Waals surface area contributed by atoms with Crippen LogP contribution in [0.15, 0.2) is 58.9 Å². The molecule has 0 saturated heterocycles. The Morgan fingerprint density at radius 2 is 1.48 bits per heavy atom. The van der Waals surface area contributed by atoms with Crippen molar-refractivity contribution in [2.75, 3.05) is 26.9 Å². The smallest absolute Gasteiger partial charge is 0.180 e. The molecule has 7 heteroatoms. The van der Waals surface area contributed by atoms with Crippen molar-refractivity contribution in [3.8, 4) is 11.5 Å². The number of ketones is 2. The normalized spacial score (nSPS) is 19.7. The van der Waals surface area contributed by atoms with Crippen LogP contribution >= 0.6 is 11.6 Å². The Bertz CT molecular complexity index is 1450. The number of methoxy groups -OCH3 is 1. The lowest BCUT2D eigenvalue weighted by molar-refractivity contribution is -0.119. The van der Waals surface area contributed by atoms with Gasteiger partial charge in [-0.25, -0.2) is 0 Å². The van der Waals surface area contributed by atoms with Gasteiger partial charge in [0.05, 0.1) is 11.6 Å². The zero-order valence-electron chi connectivity index (χ0n) is 27.3. The molecule has 0 N–H and O–H groups in total. The summed E-state index contributed by atoms with van der Waals surface area (Å²) in [6.45, 7) is 14.6. The molecule has 0 atom stereocenters. The van der Waals surface area contributed by atoms with Crippen LogP contribution in [0.2, 0.25) is 5.02 Å². The molecule has 3 aliphatic rings. The molecule has 2 aromatic carbocycles. The van der Waals surface area contributed by atoms with Crippen molar-refractivity contribution in [1.82, 2.24) is 4.90 Å². The van der Waals surface area contributed by atoms with Crippen molar-refractivity contribution in [2.24, 2.45) is 10.8 Å². The molecule has 0 bridgehead atoms. The van der Waals surface area contributed by atoms with E-state index >= 15 is 0 Å². The number of carbonyl (C=O) groups excluding carboxylic acids is 2. The van der Waals surface area contributed by atoms with E-state index in [1.807, 2.05) is 31.2 Å². The molecule has 236 valence electrons. The predicted octanol–water partition coefficient (Wildman–Crippen LogP) is 8.35. The Hall–Kier alpha value is -3.09. The van der Waals surface area contributed by atoms with Crippen LogP contribution in [0.1, 0.15) is 89.3 Å². The first-order valence-electron chi connectivity index (χ1n) is 15.8. The Morgan fingerprint density at radius 1 is 0.886 bits per heavy atom. The van der Waals surface area contributed by atoms with Crippen LogP contribution in [-0.2, 0) is 20.9 Å². The Labute approximate surface area is 267 Å². The van der Waals surface area contributed by atoms with Gasteiger partial charge in [-0.15, -0.1) is 0 Å². The summed E-state index contributed by atoms with van der Waals surface area (Å²) in [5, 5.41) is 0.400. The second kappa shape index (κ2) is 12.7. The minimum Gasteiger partial charge on any atom is -0.490 e. The first kappa shape index (κ1) is 32.3. The van der Waals surface area contributed by atoms with Crippen LogP contribution in [-0.4, -0.2) is 43.3 Å². The molecule has 0 saturated carbocycles. The van der Waals surface area contributed by atoms with Crippen LogP contribution in [0.3, 0.4) is 0 Å². The molecular formula is C37H46ClNO5. The van der Waals surface area contributed by atoms with E-state index < -0.39 is 5.92 Å². The molecular weight excluding hydrogens is 574 g/mol. The third kappa shape index (κ3) is 6.62. The van der Waals surface area contributed by atoms with Crippen LogP contribution < -0.4 is 9.47 Å². The summed E-state index contributed by atoms with van der Waals surface area (Å²) in [5.41, 5.74) is 6.13. The van der Waals surface area contributed by atoms with Crippen LogP contribution in [0.5, 0.6) is 11.5 Å². The van der Waals surface area contributed by atoms with E-state index in [1.165, 1.54) is 5.56 Å². The summed E-state index contributed by atoms with van der Waals surface area (Å²) >= 11 is 6.98. The van der Waals surface area contributed by atoms with Gasteiger partial charge in [0.2, 0.25) is 0 Å². The largest absolute Gasteiger partial charge is 0.490 e. The summed E-state index contributed by atoms with van der Waals surface area (Å²) < 4.78 is 17.7. The molecule has 1 heterocycles. The van der Waals surface area contributed by atoms with E-state index in [0.29, 0.717) is 55.7 Å². The third-order valence-corrected chi connectivity index (χ3v) is 9.20. The molecule has 0 unspecified atom stereocenters. The fourth-order valence-electron chi connectivity index (χ4n) is 7.02. The predicted molar refractivity (Wildman–Crippen MR) is 174 cm³/mol. The molecule has 2 aromatic rings. The quantitative estimate of drug-likeness (QED) is 0.249. The highest BCUT2D eigenvalue weighted by Gasteiger charge is 2.49. The SMILES string of the molecule is CCOc1cc(C2C3=C(CC(C)(C)CC3=O)N(CCCOC)C3=C2C(=O)CC(C)(C)C3)cc(Cl)c1OCc1ccc(C)cc1. The van der Waals surface area contributed by atoms with Gasteiger partial charge in [-0.3, -0.25) is 9.59 Å². The van der Waals surface area contributed by atoms with Gasteiger partial charge >= 0.3 is 0 Å². The molecule has 0 fully saturated rings. The number of allylic oxidation sites excluding steroid dienone is 4. The number of benzene rings is 2. The second-order valence-electron chi connectivity index (χ2n) is 14.1. The molecule has 5 rings (SSSR count). The van der Waals surface area contributed by atoms with Gasteiger partial charge < -0.3 is 19.1 Å². The molecule has 44 heavy (non-hydrogen) atoms. The lowest BCUT2D eigenvalue weighted by Crippen LogP contribution is -2.44. The first-order valence-corrected chi connectivity index (χ1v) is 16.2. The van der Waals surface area contributed by atoms with Gasteiger partial charge in [-0.2, -0.15) is 0 Å². The van der Waals surface area contributed by atoms with Crippen LogP contribution in [0.4, 0.5) is 0 Å². The van der Waals surface area contributed by atoms with Crippen molar-refractivity contribution >= 4 is 23.2 Å². The number of nitrogens with zero attached hydrogens (tertiary/aromatic N) is 1. The molecule has 0 radical (unpaired) electrons. The van der Waals surface area contributed by atoms with Gasteiger partial charge in [0.1, 0.15) is 6.61 Å². The summed E-state index contributed by atoms with van der Waals surface area (Å²) in [6.07, 6.45) is 3.17. The zero-order chi connectivity index (χ0) is 31.8. The van der Waals surface area contributed by atoms with Gasteiger partial charge in [0.25, 0.3) is 0 Å². The monoisotopic (exact) mass is 619 g/mol. The van der Waals surface area contributed by atoms with Gasteiger partial charge in [0, 0.05) is 61.6 Å². The molecule has 0 spiro atoms. The maximum atomic E-state index is 14.1. The zero-order valence-corrected chi connectivity index (χ0v) is 28.0. The van der Waals surface area contributed by atoms with E-state index in [2.05, 4.69) is 51.7 Å². The fourth-order valence-corrected chi connectivity index (χ4v) is 7.29. The van der Waals surface area contributed by atoms with Crippen molar-refractivity contribution in [2.45, 2.75) is 86.2 Å². The number of rotatable bonds is 10.